The van der Waals surface area contributed by atoms with Crippen molar-refractivity contribution in [2.45, 2.75) is 59.8 Å². The van der Waals surface area contributed by atoms with Gasteiger partial charge in [0.05, 0.1) is 19.2 Å². The third-order valence-electron chi connectivity index (χ3n) is 5.63. The van der Waals surface area contributed by atoms with E-state index >= 15 is 0 Å². The van der Waals surface area contributed by atoms with Crippen molar-refractivity contribution in [3.63, 3.8) is 0 Å². The largest absolute Gasteiger partial charge is 0.305 e. The Morgan fingerprint density at radius 1 is 1.05 bits per heavy atom. The average molecular weight is 290 g/mol. The van der Waals surface area contributed by atoms with Crippen LogP contribution in [-0.4, -0.2) is 36.5 Å². The molecule has 2 fully saturated rings. The molecule has 0 saturated carbocycles. The normalized spacial score (nSPS) is 36.8. The zero-order chi connectivity index (χ0) is 15.0. The predicted octanol–water partition coefficient (Wildman–Crippen LogP) is 2.50. The standard InChI is InChI=1S/C19H33N2/c1-15-9-16(2)14-21(13-15)18-10-17(11-19(3,4)12-18)20-7-5-6-8-20/h10,15-16H,5-9,11-14H2,1-4H3/q+1/p+1/t15-,16+. The maximum absolute atomic E-state index is 2.66. The van der Waals surface area contributed by atoms with E-state index in [4.69, 9.17) is 0 Å². The highest BCUT2D eigenvalue weighted by Gasteiger charge is 2.38. The molecule has 1 N–H and O–H groups in total. The second-order valence-corrected chi connectivity index (χ2v) is 8.83. The molecule has 3 atom stereocenters. The number of rotatable bonds is 1. The summed E-state index contributed by atoms with van der Waals surface area (Å²) in [7, 11) is 0. The Kier molecular flexibility index (Phi) is 4.27. The summed E-state index contributed by atoms with van der Waals surface area (Å²) in [5.74, 6) is 1.76. The first-order chi connectivity index (χ1) is 9.93. The molecule has 118 valence electrons. The Bertz CT molecular complexity index is 440. The molecule has 0 aromatic carbocycles. The molecule has 21 heavy (non-hydrogen) atoms. The Hall–Kier alpha value is -0.630. The number of hydrogen-bond acceptors (Lipinski definition) is 0. The number of piperidine rings is 1. The van der Waals surface area contributed by atoms with E-state index in [1.165, 1.54) is 58.3 Å². The first kappa shape index (κ1) is 15.3. The van der Waals surface area contributed by atoms with Crippen molar-refractivity contribution in [2.24, 2.45) is 17.3 Å². The molecule has 0 radical (unpaired) electrons. The van der Waals surface area contributed by atoms with Crippen LogP contribution < -0.4 is 4.90 Å². The maximum Gasteiger partial charge on any atom is 0.182 e. The van der Waals surface area contributed by atoms with E-state index in [-0.39, 0.29) is 0 Å². The van der Waals surface area contributed by atoms with Gasteiger partial charge in [-0.2, -0.15) is 0 Å². The van der Waals surface area contributed by atoms with Crippen LogP contribution in [0.3, 0.4) is 0 Å². The van der Waals surface area contributed by atoms with E-state index in [0.717, 1.165) is 11.8 Å². The lowest BCUT2D eigenvalue weighted by molar-refractivity contribution is -0.876. The molecular weight excluding hydrogens is 256 g/mol. The number of likely N-dealkylation sites (tertiary alicyclic amines) is 1. The van der Waals surface area contributed by atoms with Gasteiger partial charge >= 0.3 is 0 Å². The maximum atomic E-state index is 2.66. The average Bonchev–Trinajstić information content (AvgIpc) is 2.89. The predicted molar refractivity (Wildman–Crippen MR) is 89.0 cm³/mol. The zero-order valence-electron chi connectivity index (χ0n) is 14.5. The fraction of sp³-hybridized carbons (Fsp3) is 0.842. The highest BCUT2D eigenvalue weighted by atomic mass is 15.2. The van der Waals surface area contributed by atoms with Crippen molar-refractivity contribution in [2.75, 3.05) is 26.2 Å². The van der Waals surface area contributed by atoms with Gasteiger partial charge in [0, 0.05) is 37.5 Å². The smallest absolute Gasteiger partial charge is 0.182 e. The third kappa shape index (κ3) is 3.59. The summed E-state index contributed by atoms with van der Waals surface area (Å²) in [4.78, 5) is 1.78. The molecule has 1 unspecified atom stereocenters. The van der Waals surface area contributed by atoms with Gasteiger partial charge in [0.25, 0.3) is 0 Å². The highest BCUT2D eigenvalue weighted by molar-refractivity contribution is 5.92. The molecule has 0 bridgehead atoms. The summed E-state index contributed by atoms with van der Waals surface area (Å²) in [5, 5.41) is 0. The van der Waals surface area contributed by atoms with Crippen LogP contribution in [0.25, 0.3) is 0 Å². The van der Waals surface area contributed by atoms with Crippen molar-refractivity contribution in [1.82, 2.24) is 0 Å². The fourth-order valence-corrected chi connectivity index (χ4v) is 4.85. The minimum atomic E-state index is 0.443. The van der Waals surface area contributed by atoms with Crippen LogP contribution >= 0.6 is 0 Å². The lowest BCUT2D eigenvalue weighted by atomic mass is 9.77. The summed E-state index contributed by atoms with van der Waals surface area (Å²) >= 11 is 0. The van der Waals surface area contributed by atoms with E-state index in [0.29, 0.717) is 5.41 Å². The molecule has 3 rings (SSSR count). The Labute approximate surface area is 130 Å². The van der Waals surface area contributed by atoms with Crippen LogP contribution in [0.15, 0.2) is 11.8 Å². The number of nitrogens with one attached hydrogen (secondary N) is 1. The zero-order valence-corrected chi connectivity index (χ0v) is 14.5. The molecule has 2 aliphatic heterocycles. The first-order valence-electron chi connectivity index (χ1n) is 9.09. The Balaban J connectivity index is 1.87. The van der Waals surface area contributed by atoms with Gasteiger partial charge in [-0.25, -0.2) is 4.58 Å². The van der Waals surface area contributed by atoms with Gasteiger partial charge in [-0.3, -0.25) is 0 Å². The fourth-order valence-electron chi connectivity index (χ4n) is 4.85. The van der Waals surface area contributed by atoms with Crippen molar-refractivity contribution >= 4 is 5.71 Å². The first-order valence-corrected chi connectivity index (χ1v) is 9.09. The third-order valence-corrected chi connectivity index (χ3v) is 5.63. The summed E-state index contributed by atoms with van der Waals surface area (Å²) in [5.41, 5.74) is 3.78. The molecule has 3 aliphatic rings. The van der Waals surface area contributed by atoms with Crippen LogP contribution in [0.4, 0.5) is 0 Å². The molecule has 0 aromatic heterocycles. The molecule has 2 saturated heterocycles. The number of allylic oxidation sites excluding steroid dienone is 2. The van der Waals surface area contributed by atoms with Gasteiger partial charge < -0.3 is 4.90 Å². The van der Waals surface area contributed by atoms with Gasteiger partial charge in [-0.15, -0.1) is 0 Å². The van der Waals surface area contributed by atoms with Gasteiger partial charge in [0.2, 0.25) is 0 Å². The summed E-state index contributed by atoms with van der Waals surface area (Å²) in [6, 6.07) is 0. The summed E-state index contributed by atoms with van der Waals surface area (Å²) < 4.78 is 2.66. The SMILES string of the molecule is C[C@@H]1C[C@H](C)C[NH+](C2=CC(=[N+]3CCCC3)CC(C)(C)C2)C1. The van der Waals surface area contributed by atoms with Crippen LogP contribution in [0.5, 0.6) is 0 Å². The van der Waals surface area contributed by atoms with Gasteiger partial charge in [-0.1, -0.05) is 27.7 Å². The van der Waals surface area contributed by atoms with Gasteiger partial charge in [-0.05, 0) is 11.8 Å². The highest BCUT2D eigenvalue weighted by Crippen LogP contribution is 2.33. The monoisotopic (exact) mass is 290 g/mol. The number of nitrogens with zero attached hydrogens (tertiary/aromatic N) is 1. The minimum absolute atomic E-state index is 0.443. The quantitative estimate of drug-likeness (QED) is 0.710. The second-order valence-electron chi connectivity index (χ2n) is 8.83. The van der Waals surface area contributed by atoms with E-state index in [1.54, 1.807) is 16.3 Å². The molecular formula is C19H34N2+2. The lowest BCUT2D eigenvalue weighted by Gasteiger charge is -2.37. The van der Waals surface area contributed by atoms with E-state index < -0.39 is 0 Å². The van der Waals surface area contributed by atoms with Gasteiger partial charge in [0.15, 0.2) is 5.71 Å². The molecule has 0 aromatic rings. The molecule has 1 aliphatic carbocycles. The molecule has 0 amide bonds. The van der Waals surface area contributed by atoms with Crippen molar-refractivity contribution in [3.05, 3.63) is 11.8 Å². The van der Waals surface area contributed by atoms with Crippen LogP contribution in [0, 0.1) is 17.3 Å². The van der Waals surface area contributed by atoms with Crippen LogP contribution in [0.2, 0.25) is 0 Å². The molecule has 2 heteroatoms. The van der Waals surface area contributed by atoms with Crippen LogP contribution in [-0.2, 0) is 0 Å². The molecule has 0 spiro atoms. The number of hydrogen-bond donors (Lipinski definition) is 1. The van der Waals surface area contributed by atoms with E-state index in [1.807, 2.05) is 0 Å². The summed E-state index contributed by atoms with van der Waals surface area (Å²) in [6.07, 6.45) is 9.35. The topological polar surface area (TPSA) is 7.45 Å². The van der Waals surface area contributed by atoms with Crippen molar-refractivity contribution < 1.29 is 9.48 Å². The number of quaternary nitrogens is 1. The van der Waals surface area contributed by atoms with E-state index in [9.17, 15) is 0 Å². The minimum Gasteiger partial charge on any atom is -0.305 e. The summed E-state index contributed by atoms with van der Waals surface area (Å²) in [6.45, 7) is 15.1. The Morgan fingerprint density at radius 2 is 1.67 bits per heavy atom. The lowest BCUT2D eigenvalue weighted by Crippen LogP contribution is -3.12. The molecule has 2 heterocycles. The Morgan fingerprint density at radius 3 is 2.29 bits per heavy atom. The van der Waals surface area contributed by atoms with Crippen molar-refractivity contribution in [1.29, 1.82) is 0 Å². The van der Waals surface area contributed by atoms with E-state index in [2.05, 4.69) is 38.3 Å². The van der Waals surface area contributed by atoms with Gasteiger partial charge in [0.1, 0.15) is 18.8 Å². The van der Waals surface area contributed by atoms with Crippen LogP contribution in [0.1, 0.15) is 59.8 Å². The molecule has 2 nitrogen and oxygen atoms in total. The second kappa shape index (κ2) is 5.87. The van der Waals surface area contributed by atoms with Crippen molar-refractivity contribution in [3.8, 4) is 0 Å².